The summed E-state index contributed by atoms with van der Waals surface area (Å²) in [7, 11) is 0. The number of nitrogens with zero attached hydrogens (tertiary/aromatic N) is 3. The summed E-state index contributed by atoms with van der Waals surface area (Å²) in [6.07, 6.45) is 8.86. The second-order valence-corrected chi connectivity index (χ2v) is 12.4. The lowest BCUT2D eigenvalue weighted by Gasteiger charge is -2.43. The predicted molar refractivity (Wildman–Crippen MR) is 165 cm³/mol. The zero-order valence-corrected chi connectivity index (χ0v) is 25.0. The molecule has 0 spiro atoms. The SMILES string of the molecule is CCN=C1NC=CCCC2CC1=C(c1ccc(Oc3cc(F)cc(OCc4cnc(C)s4)c3)cc1)N=C2C1(C)COC1. The minimum absolute atomic E-state index is 0.0479. The minimum Gasteiger partial charge on any atom is -0.488 e. The highest BCUT2D eigenvalue weighted by atomic mass is 32.1. The summed E-state index contributed by atoms with van der Waals surface area (Å²) in [5.41, 5.74) is 4.20. The highest BCUT2D eigenvalue weighted by Crippen LogP contribution is 2.42. The first-order valence-electron chi connectivity index (χ1n) is 14.4. The average molecular weight is 587 g/mol. The summed E-state index contributed by atoms with van der Waals surface area (Å²) in [4.78, 5) is 15.4. The van der Waals surface area contributed by atoms with E-state index in [1.807, 2.05) is 44.3 Å². The number of aromatic nitrogens is 1. The third-order valence-corrected chi connectivity index (χ3v) is 8.58. The molecule has 2 bridgehead atoms. The zero-order valence-electron chi connectivity index (χ0n) is 24.2. The molecule has 0 amide bonds. The van der Waals surface area contributed by atoms with Gasteiger partial charge in [0.2, 0.25) is 0 Å². The first kappa shape index (κ1) is 28.3. The van der Waals surface area contributed by atoms with Crippen LogP contribution in [0, 0.1) is 24.1 Å². The summed E-state index contributed by atoms with van der Waals surface area (Å²) in [6, 6.07) is 12.2. The van der Waals surface area contributed by atoms with E-state index in [0.29, 0.717) is 49.5 Å². The lowest BCUT2D eigenvalue weighted by molar-refractivity contribution is -0.0609. The van der Waals surface area contributed by atoms with Crippen molar-refractivity contribution in [3.05, 3.63) is 87.8 Å². The van der Waals surface area contributed by atoms with Crippen LogP contribution in [-0.2, 0) is 11.3 Å². The van der Waals surface area contributed by atoms with Crippen LogP contribution in [0.25, 0.3) is 5.70 Å². The molecule has 2 aromatic carbocycles. The van der Waals surface area contributed by atoms with E-state index >= 15 is 0 Å². The number of halogens is 1. The van der Waals surface area contributed by atoms with Crippen molar-refractivity contribution in [3.63, 3.8) is 0 Å². The molecule has 1 atom stereocenters. The molecular weight excluding hydrogens is 551 g/mol. The molecular formula is C33H35FN4O3S. The molecule has 218 valence electrons. The van der Waals surface area contributed by atoms with Gasteiger partial charge < -0.3 is 19.5 Å². The number of fused-ring (bicyclic) bond motifs is 2. The molecule has 3 aliphatic rings. The number of aliphatic imine (C=N–C) groups is 2. The van der Waals surface area contributed by atoms with Gasteiger partial charge in [0.05, 0.1) is 34.2 Å². The topological polar surface area (TPSA) is 77.3 Å². The van der Waals surface area contributed by atoms with Crippen LogP contribution in [-0.4, -0.2) is 36.3 Å². The molecule has 1 N–H and O–H groups in total. The first-order chi connectivity index (χ1) is 20.4. The van der Waals surface area contributed by atoms with Gasteiger partial charge in [-0.2, -0.15) is 0 Å². The van der Waals surface area contributed by atoms with Crippen LogP contribution in [0.4, 0.5) is 4.39 Å². The van der Waals surface area contributed by atoms with Gasteiger partial charge in [-0.1, -0.05) is 6.08 Å². The van der Waals surface area contributed by atoms with E-state index in [9.17, 15) is 4.39 Å². The maximum atomic E-state index is 14.4. The third-order valence-electron chi connectivity index (χ3n) is 7.70. The highest BCUT2D eigenvalue weighted by molar-refractivity contribution is 7.11. The molecule has 0 aliphatic carbocycles. The van der Waals surface area contributed by atoms with E-state index in [4.69, 9.17) is 24.2 Å². The van der Waals surface area contributed by atoms with Crippen molar-refractivity contribution < 1.29 is 18.6 Å². The van der Waals surface area contributed by atoms with E-state index in [1.165, 1.54) is 17.8 Å². The number of hydrogen-bond acceptors (Lipinski definition) is 7. The lowest BCUT2D eigenvalue weighted by atomic mass is 9.72. The van der Waals surface area contributed by atoms with Crippen LogP contribution >= 0.6 is 11.3 Å². The molecule has 7 nitrogen and oxygen atoms in total. The van der Waals surface area contributed by atoms with Gasteiger partial charge in [0.15, 0.2) is 0 Å². The molecule has 9 heteroatoms. The monoisotopic (exact) mass is 586 g/mol. The fourth-order valence-corrected chi connectivity index (χ4v) is 6.32. The number of hydrogen-bond donors (Lipinski definition) is 1. The fourth-order valence-electron chi connectivity index (χ4n) is 5.62. The Labute approximate surface area is 249 Å². The summed E-state index contributed by atoms with van der Waals surface area (Å²) in [6.45, 7) is 8.64. The number of aryl methyl sites for hydroxylation is 1. The number of amidine groups is 1. The standard InChI is InChI=1S/C33H35FN4O3S/c1-4-35-32-29-13-23(7-5-6-12-36-32)31(33(3)19-39-20-33)38-30(29)22-8-10-25(11-9-22)41-27-15-24(34)14-26(16-27)40-18-28-17-37-21(2)42-28/h6,8-12,14-17,23H,4-5,7,13,18-20H2,1-3H3,(H,35,36). The number of thiazole rings is 1. The van der Waals surface area contributed by atoms with E-state index in [1.54, 1.807) is 23.6 Å². The molecule has 0 radical (unpaired) electrons. The smallest absolute Gasteiger partial charge is 0.134 e. The van der Waals surface area contributed by atoms with Crippen LogP contribution in [0.15, 0.2) is 76.5 Å². The maximum Gasteiger partial charge on any atom is 0.134 e. The van der Waals surface area contributed by atoms with Crippen LogP contribution in [0.2, 0.25) is 0 Å². The molecule has 0 saturated carbocycles. The molecule has 1 saturated heterocycles. The van der Waals surface area contributed by atoms with Gasteiger partial charge in [-0.3, -0.25) is 9.98 Å². The van der Waals surface area contributed by atoms with Crippen molar-refractivity contribution >= 4 is 28.6 Å². The third kappa shape index (κ3) is 6.17. The number of benzene rings is 2. The van der Waals surface area contributed by atoms with Gasteiger partial charge in [-0.05, 0) is 70.5 Å². The first-order valence-corrected chi connectivity index (χ1v) is 15.2. The van der Waals surface area contributed by atoms with E-state index in [2.05, 4.69) is 23.3 Å². The molecule has 1 unspecified atom stereocenters. The predicted octanol–water partition coefficient (Wildman–Crippen LogP) is 7.49. The number of ether oxygens (including phenoxy) is 3. The Morgan fingerprint density at radius 1 is 1.14 bits per heavy atom. The van der Waals surface area contributed by atoms with Gasteiger partial charge in [0, 0.05) is 53.7 Å². The van der Waals surface area contributed by atoms with E-state index in [0.717, 1.165) is 51.8 Å². The Kier molecular flexibility index (Phi) is 8.22. The Bertz CT molecular complexity index is 1570. The van der Waals surface area contributed by atoms with Gasteiger partial charge in [-0.25, -0.2) is 9.37 Å². The second kappa shape index (κ2) is 12.2. The maximum absolute atomic E-state index is 14.4. The Balaban J connectivity index is 1.27. The van der Waals surface area contributed by atoms with E-state index in [-0.39, 0.29) is 5.41 Å². The molecule has 6 rings (SSSR count). The highest BCUT2D eigenvalue weighted by Gasteiger charge is 2.44. The molecule has 42 heavy (non-hydrogen) atoms. The molecule has 3 aromatic rings. The van der Waals surface area contributed by atoms with Gasteiger partial charge in [0.25, 0.3) is 0 Å². The van der Waals surface area contributed by atoms with Crippen molar-refractivity contribution in [2.75, 3.05) is 19.8 Å². The quantitative estimate of drug-likeness (QED) is 0.296. The summed E-state index contributed by atoms with van der Waals surface area (Å²) in [5.74, 6) is 2.14. The largest absolute Gasteiger partial charge is 0.488 e. The summed E-state index contributed by atoms with van der Waals surface area (Å²) in [5, 5.41) is 4.38. The fraction of sp³-hybridized carbons (Fsp3) is 0.364. The molecule has 1 fully saturated rings. The Morgan fingerprint density at radius 3 is 2.67 bits per heavy atom. The summed E-state index contributed by atoms with van der Waals surface area (Å²) >= 11 is 1.55. The van der Waals surface area contributed by atoms with Crippen molar-refractivity contribution in [1.82, 2.24) is 10.3 Å². The van der Waals surface area contributed by atoms with Gasteiger partial charge >= 0.3 is 0 Å². The van der Waals surface area contributed by atoms with E-state index < -0.39 is 5.82 Å². The number of allylic oxidation sites excluding steroid dienone is 1. The second-order valence-electron chi connectivity index (χ2n) is 11.1. The van der Waals surface area contributed by atoms with Crippen LogP contribution in [0.5, 0.6) is 17.2 Å². The lowest BCUT2D eigenvalue weighted by Crippen LogP contribution is -2.50. The van der Waals surface area contributed by atoms with Crippen molar-refractivity contribution in [3.8, 4) is 17.2 Å². The number of nitrogens with one attached hydrogen (secondary N) is 1. The normalized spacial score (nSPS) is 20.6. The molecule has 4 heterocycles. The summed E-state index contributed by atoms with van der Waals surface area (Å²) < 4.78 is 31.9. The average Bonchev–Trinajstić information content (AvgIpc) is 3.41. The van der Waals surface area contributed by atoms with Crippen molar-refractivity contribution in [2.45, 2.75) is 46.6 Å². The zero-order chi connectivity index (χ0) is 29.1. The number of rotatable bonds is 8. The van der Waals surface area contributed by atoms with Crippen molar-refractivity contribution in [2.24, 2.45) is 21.3 Å². The Morgan fingerprint density at radius 2 is 1.95 bits per heavy atom. The minimum atomic E-state index is -0.428. The van der Waals surface area contributed by atoms with Crippen LogP contribution in [0.1, 0.15) is 48.6 Å². The van der Waals surface area contributed by atoms with Crippen LogP contribution in [0.3, 0.4) is 0 Å². The Hall–Kier alpha value is -3.82. The molecule has 1 aromatic heterocycles. The molecule has 3 aliphatic heterocycles. The van der Waals surface area contributed by atoms with Gasteiger partial charge in [0.1, 0.15) is 35.5 Å². The van der Waals surface area contributed by atoms with Gasteiger partial charge in [-0.15, -0.1) is 11.3 Å². The van der Waals surface area contributed by atoms with Crippen LogP contribution < -0.4 is 14.8 Å². The van der Waals surface area contributed by atoms with Crippen molar-refractivity contribution in [1.29, 1.82) is 0 Å².